The summed E-state index contributed by atoms with van der Waals surface area (Å²) in [5.74, 6) is -0.0602. The van der Waals surface area contributed by atoms with Crippen LogP contribution >= 0.6 is 15.9 Å². The monoisotopic (exact) mass is 413 g/mol. The first-order valence-corrected chi connectivity index (χ1v) is 9.24. The summed E-state index contributed by atoms with van der Waals surface area (Å²) in [4.78, 5) is 16.3. The number of aromatic nitrogens is 1. The van der Waals surface area contributed by atoms with E-state index in [4.69, 9.17) is 9.88 Å². The van der Waals surface area contributed by atoms with Crippen LogP contribution < -0.4 is 15.2 Å². The Kier molecular flexibility index (Phi) is 5.92. The molecule has 1 aromatic carbocycles. The van der Waals surface area contributed by atoms with Crippen molar-refractivity contribution in [2.75, 3.05) is 13.7 Å². The summed E-state index contributed by atoms with van der Waals surface area (Å²) in [6.45, 7) is 0.378. The number of halogens is 1. The van der Waals surface area contributed by atoms with Gasteiger partial charge in [0.2, 0.25) is 15.9 Å². The molecule has 1 aromatic heterocycles. The van der Waals surface area contributed by atoms with E-state index in [1.54, 1.807) is 24.4 Å². The average Bonchev–Trinajstić information content (AvgIpc) is 2.54. The van der Waals surface area contributed by atoms with Gasteiger partial charge in [-0.15, -0.1) is 0 Å². The smallest absolute Gasteiger partial charge is 0.256 e. The number of amides is 1. The van der Waals surface area contributed by atoms with Gasteiger partial charge in [0.25, 0.3) is 5.91 Å². The van der Waals surface area contributed by atoms with Crippen LogP contribution in [0.15, 0.2) is 45.9 Å². The van der Waals surface area contributed by atoms with Crippen LogP contribution in [0.1, 0.15) is 15.9 Å². The maximum Gasteiger partial charge on any atom is 0.256 e. The van der Waals surface area contributed by atoms with E-state index in [9.17, 15) is 13.2 Å². The molecule has 0 aliphatic heterocycles. The SMILES string of the molecule is COc1ncc(Br)cc1C(=O)NCCc1ccc(S(N)(=O)=O)cc1. The maximum absolute atomic E-state index is 12.2. The lowest BCUT2D eigenvalue weighted by Crippen LogP contribution is -2.26. The van der Waals surface area contributed by atoms with Gasteiger partial charge in [0, 0.05) is 17.2 Å². The average molecular weight is 414 g/mol. The number of nitrogens with one attached hydrogen (secondary N) is 1. The van der Waals surface area contributed by atoms with Crippen molar-refractivity contribution in [3.05, 3.63) is 52.1 Å². The molecular formula is C15H16BrN3O4S. The van der Waals surface area contributed by atoms with E-state index in [2.05, 4.69) is 26.2 Å². The number of rotatable bonds is 6. The van der Waals surface area contributed by atoms with E-state index < -0.39 is 10.0 Å². The number of carbonyl (C=O) groups excluding carboxylic acids is 1. The molecule has 0 aliphatic rings. The lowest BCUT2D eigenvalue weighted by atomic mass is 10.1. The summed E-state index contributed by atoms with van der Waals surface area (Å²) in [7, 11) is -2.25. The first-order chi connectivity index (χ1) is 11.3. The number of ether oxygens (including phenoxy) is 1. The predicted octanol–water partition coefficient (Wildman–Crippen LogP) is 1.47. The minimum atomic E-state index is -3.70. The summed E-state index contributed by atoms with van der Waals surface area (Å²) in [6.07, 6.45) is 2.09. The third kappa shape index (κ3) is 4.76. The minimum Gasteiger partial charge on any atom is -0.480 e. The van der Waals surface area contributed by atoms with E-state index in [0.717, 1.165) is 5.56 Å². The molecule has 0 saturated heterocycles. The van der Waals surface area contributed by atoms with Crippen molar-refractivity contribution in [2.45, 2.75) is 11.3 Å². The van der Waals surface area contributed by atoms with Gasteiger partial charge in [-0.25, -0.2) is 18.5 Å². The highest BCUT2D eigenvalue weighted by molar-refractivity contribution is 9.10. The van der Waals surface area contributed by atoms with Gasteiger partial charge >= 0.3 is 0 Å². The highest BCUT2D eigenvalue weighted by Gasteiger charge is 2.14. The number of methoxy groups -OCH3 is 1. The quantitative estimate of drug-likeness (QED) is 0.744. The summed E-state index contributed by atoms with van der Waals surface area (Å²) in [6, 6.07) is 7.82. The van der Waals surface area contributed by atoms with E-state index in [1.165, 1.54) is 19.2 Å². The van der Waals surface area contributed by atoms with Gasteiger partial charge in [0.05, 0.1) is 12.0 Å². The van der Waals surface area contributed by atoms with Crippen molar-refractivity contribution in [3.8, 4) is 5.88 Å². The van der Waals surface area contributed by atoms with E-state index in [1.807, 2.05) is 0 Å². The fraction of sp³-hybridized carbons (Fsp3) is 0.200. The summed E-state index contributed by atoms with van der Waals surface area (Å²) in [5.41, 5.74) is 1.21. The normalized spacial score (nSPS) is 11.1. The second-order valence-electron chi connectivity index (χ2n) is 4.91. The molecule has 0 saturated carbocycles. The number of benzene rings is 1. The molecule has 9 heteroatoms. The zero-order valence-electron chi connectivity index (χ0n) is 12.8. The van der Waals surface area contributed by atoms with Gasteiger partial charge in [-0.1, -0.05) is 12.1 Å². The van der Waals surface area contributed by atoms with Crippen LogP contribution in [-0.2, 0) is 16.4 Å². The topological polar surface area (TPSA) is 111 Å². The van der Waals surface area contributed by atoms with Gasteiger partial charge < -0.3 is 10.1 Å². The standard InChI is InChI=1S/C15H16BrN3O4S/c1-23-15-13(8-11(16)9-19-15)14(20)18-7-6-10-2-4-12(5-3-10)24(17,21)22/h2-5,8-9H,6-7H2,1H3,(H,18,20)(H2,17,21,22). The van der Waals surface area contributed by atoms with Crippen LogP contribution in [0.4, 0.5) is 0 Å². The van der Waals surface area contributed by atoms with Crippen molar-refractivity contribution in [3.63, 3.8) is 0 Å². The number of pyridine rings is 1. The lowest BCUT2D eigenvalue weighted by Gasteiger charge is -2.09. The molecular weight excluding hydrogens is 398 g/mol. The molecule has 0 bridgehead atoms. The largest absolute Gasteiger partial charge is 0.480 e. The number of nitrogens with zero attached hydrogens (tertiary/aromatic N) is 1. The van der Waals surface area contributed by atoms with Crippen molar-refractivity contribution < 1.29 is 17.9 Å². The number of primary sulfonamides is 1. The molecule has 0 radical (unpaired) electrons. The Morgan fingerprint density at radius 3 is 2.58 bits per heavy atom. The Labute approximate surface area is 148 Å². The van der Waals surface area contributed by atoms with Crippen LogP contribution in [0.25, 0.3) is 0 Å². The van der Waals surface area contributed by atoms with Crippen molar-refractivity contribution >= 4 is 31.9 Å². The predicted molar refractivity (Wildman–Crippen MR) is 92.3 cm³/mol. The second kappa shape index (κ2) is 7.73. The maximum atomic E-state index is 12.2. The number of sulfonamides is 1. The number of carbonyl (C=O) groups is 1. The molecule has 0 atom stereocenters. The molecule has 7 nitrogen and oxygen atoms in total. The van der Waals surface area contributed by atoms with Gasteiger partial charge in [-0.2, -0.15) is 0 Å². The van der Waals surface area contributed by atoms with Gasteiger partial charge in [0.15, 0.2) is 0 Å². The number of hydrogen-bond acceptors (Lipinski definition) is 5. The van der Waals surface area contributed by atoms with Crippen LogP contribution in [0, 0.1) is 0 Å². The lowest BCUT2D eigenvalue weighted by molar-refractivity contribution is 0.0950. The van der Waals surface area contributed by atoms with Crippen LogP contribution in [-0.4, -0.2) is 33.0 Å². The van der Waals surface area contributed by atoms with Crippen molar-refractivity contribution in [2.24, 2.45) is 5.14 Å². The fourth-order valence-electron chi connectivity index (χ4n) is 2.01. The second-order valence-corrected chi connectivity index (χ2v) is 7.38. The zero-order valence-corrected chi connectivity index (χ0v) is 15.2. The zero-order chi connectivity index (χ0) is 17.7. The van der Waals surface area contributed by atoms with Crippen molar-refractivity contribution in [1.29, 1.82) is 0 Å². The Hall–Kier alpha value is -1.97. The minimum absolute atomic E-state index is 0.0558. The Balaban J connectivity index is 1.97. The molecule has 128 valence electrons. The fourth-order valence-corrected chi connectivity index (χ4v) is 2.86. The van der Waals surface area contributed by atoms with Gasteiger partial charge in [-0.05, 0) is 46.1 Å². The van der Waals surface area contributed by atoms with Crippen LogP contribution in [0.5, 0.6) is 5.88 Å². The molecule has 0 unspecified atom stereocenters. The summed E-state index contributed by atoms with van der Waals surface area (Å²) in [5, 5.41) is 7.82. The van der Waals surface area contributed by atoms with Gasteiger partial charge in [0.1, 0.15) is 5.56 Å². The molecule has 2 aromatic rings. The van der Waals surface area contributed by atoms with Crippen LogP contribution in [0.2, 0.25) is 0 Å². The van der Waals surface area contributed by atoms with E-state index >= 15 is 0 Å². The summed E-state index contributed by atoms with van der Waals surface area (Å²) < 4.78 is 28.1. The molecule has 0 spiro atoms. The Morgan fingerprint density at radius 2 is 2.00 bits per heavy atom. The third-order valence-electron chi connectivity index (χ3n) is 3.21. The highest BCUT2D eigenvalue weighted by Crippen LogP contribution is 2.19. The summed E-state index contributed by atoms with van der Waals surface area (Å²) >= 11 is 3.26. The molecule has 1 heterocycles. The molecule has 24 heavy (non-hydrogen) atoms. The Bertz CT molecular complexity index is 838. The van der Waals surface area contributed by atoms with Crippen LogP contribution in [0.3, 0.4) is 0 Å². The molecule has 2 rings (SSSR count). The third-order valence-corrected chi connectivity index (χ3v) is 4.57. The molecule has 1 amide bonds. The molecule has 0 fully saturated rings. The Morgan fingerprint density at radius 1 is 1.33 bits per heavy atom. The number of nitrogens with two attached hydrogens (primary N) is 1. The molecule has 3 N–H and O–H groups in total. The molecule has 0 aliphatic carbocycles. The van der Waals surface area contributed by atoms with E-state index in [0.29, 0.717) is 23.0 Å². The van der Waals surface area contributed by atoms with Gasteiger partial charge in [-0.3, -0.25) is 4.79 Å². The van der Waals surface area contributed by atoms with Crippen molar-refractivity contribution in [1.82, 2.24) is 10.3 Å². The highest BCUT2D eigenvalue weighted by atomic mass is 79.9. The first kappa shape index (κ1) is 18.4. The first-order valence-electron chi connectivity index (χ1n) is 6.90. The van der Waals surface area contributed by atoms with E-state index in [-0.39, 0.29) is 16.7 Å². The number of hydrogen-bond donors (Lipinski definition) is 2.